The number of amides is 5. The predicted octanol–water partition coefficient (Wildman–Crippen LogP) is -1.04. The van der Waals surface area contributed by atoms with Crippen molar-refractivity contribution in [1.29, 1.82) is 5.41 Å². The van der Waals surface area contributed by atoms with Crippen molar-refractivity contribution in [1.82, 2.24) is 36.5 Å². The Bertz CT molecular complexity index is 1330. The lowest BCUT2D eigenvalue weighted by Gasteiger charge is -2.24. The van der Waals surface area contributed by atoms with Gasteiger partial charge in [0.1, 0.15) is 18.1 Å². The lowest BCUT2D eigenvalue weighted by Crippen LogP contribution is -2.56. The zero-order valence-electron chi connectivity index (χ0n) is 23.5. The summed E-state index contributed by atoms with van der Waals surface area (Å²) in [5, 5.41) is 21.8. The quantitative estimate of drug-likeness (QED) is 0.120. The number of carbonyl (C=O) groups excluding carboxylic acids is 5. The highest BCUT2D eigenvalue weighted by Crippen LogP contribution is 2.20. The van der Waals surface area contributed by atoms with Gasteiger partial charge in [-0.15, -0.1) is 0 Å². The smallest absolute Gasteiger partial charge is 0.243 e. The normalized spacial score (nSPS) is 22.9. The summed E-state index contributed by atoms with van der Waals surface area (Å²) in [6, 6.07) is 4.95. The summed E-state index contributed by atoms with van der Waals surface area (Å²) in [4.78, 5) is 70.1. The summed E-state index contributed by atoms with van der Waals surface area (Å²) >= 11 is 0. The Balaban J connectivity index is 1.55. The maximum absolute atomic E-state index is 13.6. The van der Waals surface area contributed by atoms with E-state index in [9.17, 15) is 24.0 Å². The van der Waals surface area contributed by atoms with Gasteiger partial charge in [0.05, 0.1) is 6.54 Å². The highest BCUT2D eigenvalue weighted by molar-refractivity contribution is 5.95. The molecule has 0 saturated carbocycles. The minimum absolute atomic E-state index is 0.140. The zero-order chi connectivity index (χ0) is 30.1. The second kappa shape index (κ2) is 14.3. The number of nitrogens with two attached hydrogens (primary N) is 1. The molecule has 9 N–H and O–H groups in total. The summed E-state index contributed by atoms with van der Waals surface area (Å²) in [6.07, 6.45) is 4.29. The van der Waals surface area contributed by atoms with Crippen LogP contribution in [-0.4, -0.2) is 89.7 Å². The first-order valence-corrected chi connectivity index (χ1v) is 14.3. The Hall–Kier alpha value is -4.62. The molecule has 5 amide bonds. The van der Waals surface area contributed by atoms with Gasteiger partial charge >= 0.3 is 0 Å². The van der Waals surface area contributed by atoms with Crippen molar-refractivity contribution in [2.24, 2.45) is 5.73 Å². The van der Waals surface area contributed by atoms with Crippen LogP contribution in [-0.2, 0) is 30.4 Å². The van der Waals surface area contributed by atoms with E-state index in [2.05, 4.69) is 31.6 Å². The number of aromatic amines is 1. The molecule has 2 saturated heterocycles. The summed E-state index contributed by atoms with van der Waals surface area (Å²) in [7, 11) is 0. The Morgan fingerprint density at radius 2 is 1.81 bits per heavy atom. The van der Waals surface area contributed by atoms with Crippen LogP contribution in [0, 0.1) is 5.41 Å². The average Bonchev–Trinajstić information content (AvgIpc) is 3.62. The minimum atomic E-state index is -1.04. The van der Waals surface area contributed by atoms with Crippen LogP contribution in [0.3, 0.4) is 0 Å². The van der Waals surface area contributed by atoms with Crippen LogP contribution in [0.4, 0.5) is 0 Å². The Kier molecular flexibility index (Phi) is 10.3. The number of nitrogens with one attached hydrogen (secondary N) is 7. The topological polar surface area (TPSA) is 214 Å². The van der Waals surface area contributed by atoms with E-state index in [1.807, 2.05) is 24.3 Å². The number of para-hydroxylation sites is 1. The number of H-pyrrole nitrogens is 1. The highest BCUT2D eigenvalue weighted by atomic mass is 16.2. The summed E-state index contributed by atoms with van der Waals surface area (Å²) < 4.78 is 0. The molecule has 14 heteroatoms. The van der Waals surface area contributed by atoms with E-state index < -0.39 is 41.8 Å². The maximum atomic E-state index is 13.6. The third-order valence-electron chi connectivity index (χ3n) is 7.53. The van der Waals surface area contributed by atoms with Crippen molar-refractivity contribution in [3.05, 3.63) is 36.0 Å². The predicted molar refractivity (Wildman–Crippen MR) is 155 cm³/mol. The van der Waals surface area contributed by atoms with Crippen molar-refractivity contribution < 1.29 is 24.0 Å². The van der Waals surface area contributed by atoms with Crippen LogP contribution in [0.1, 0.15) is 44.1 Å². The molecule has 226 valence electrons. The van der Waals surface area contributed by atoms with Gasteiger partial charge < -0.3 is 42.2 Å². The van der Waals surface area contributed by atoms with Gasteiger partial charge in [0.2, 0.25) is 29.5 Å². The number of hydrogen-bond donors (Lipinski definition) is 8. The van der Waals surface area contributed by atoms with E-state index in [0.29, 0.717) is 38.8 Å². The van der Waals surface area contributed by atoms with Crippen molar-refractivity contribution in [3.8, 4) is 0 Å². The molecule has 0 aliphatic carbocycles. The number of rotatable bonds is 6. The van der Waals surface area contributed by atoms with Gasteiger partial charge in [-0.1, -0.05) is 18.2 Å². The van der Waals surface area contributed by atoms with Crippen molar-refractivity contribution >= 4 is 46.4 Å². The highest BCUT2D eigenvalue weighted by Gasteiger charge is 2.34. The van der Waals surface area contributed by atoms with Gasteiger partial charge in [-0.2, -0.15) is 0 Å². The van der Waals surface area contributed by atoms with Gasteiger partial charge in [-0.25, -0.2) is 0 Å². The first kappa shape index (κ1) is 30.3. The minimum Gasteiger partial charge on any atom is -0.370 e. The van der Waals surface area contributed by atoms with Gasteiger partial charge in [-0.05, 0) is 43.7 Å². The Morgan fingerprint density at radius 3 is 2.62 bits per heavy atom. The van der Waals surface area contributed by atoms with Crippen LogP contribution in [0.2, 0.25) is 0 Å². The molecule has 3 heterocycles. The second-order valence-corrected chi connectivity index (χ2v) is 10.6. The molecular weight excluding hydrogens is 542 g/mol. The van der Waals surface area contributed by atoms with Crippen molar-refractivity contribution in [2.75, 3.05) is 26.2 Å². The fourth-order valence-corrected chi connectivity index (χ4v) is 5.39. The summed E-state index contributed by atoms with van der Waals surface area (Å²) in [5.74, 6) is -2.34. The molecule has 2 fully saturated rings. The van der Waals surface area contributed by atoms with Gasteiger partial charge in [0, 0.05) is 49.6 Å². The molecule has 3 atom stereocenters. The van der Waals surface area contributed by atoms with Crippen LogP contribution < -0.4 is 32.3 Å². The molecule has 0 bridgehead atoms. The Morgan fingerprint density at radius 1 is 1.00 bits per heavy atom. The molecule has 0 spiro atoms. The molecule has 4 rings (SSSR count). The molecule has 2 aromatic rings. The molecule has 0 unspecified atom stereocenters. The second-order valence-electron chi connectivity index (χ2n) is 10.6. The zero-order valence-corrected chi connectivity index (χ0v) is 23.5. The molecule has 0 radical (unpaired) electrons. The van der Waals surface area contributed by atoms with Crippen molar-refractivity contribution in [3.63, 3.8) is 0 Å². The molecule has 2 aliphatic rings. The third-order valence-corrected chi connectivity index (χ3v) is 7.53. The Labute approximate surface area is 243 Å². The monoisotopic (exact) mass is 581 g/mol. The number of benzene rings is 1. The van der Waals surface area contributed by atoms with Gasteiger partial charge in [-0.3, -0.25) is 29.4 Å². The molecule has 2 aliphatic heterocycles. The summed E-state index contributed by atoms with van der Waals surface area (Å²) in [6.45, 7) is 0.630. The number of carbonyl (C=O) groups is 5. The van der Waals surface area contributed by atoms with Crippen LogP contribution >= 0.6 is 0 Å². The fourth-order valence-electron chi connectivity index (χ4n) is 5.39. The maximum Gasteiger partial charge on any atom is 0.243 e. The van der Waals surface area contributed by atoms with Gasteiger partial charge in [0.15, 0.2) is 5.96 Å². The standard InChI is InChI=1S/C28H39N9O5/c29-28(30)32-12-3-8-20-25(40)31-11-4-10-24(39)37-13-5-9-22(37)27(42)34-16-23(38)35-21(26(41)36-20)14-17-15-33-19-7-2-1-6-18(17)19/h1-2,6-7,15,20-22,33H,3-5,8-14,16H2,(H,31,40)(H,34,42)(H,35,38)(H,36,41)(H4,29,30,32)/t20-,21-,22-/m0/s1. The van der Waals surface area contributed by atoms with Crippen LogP contribution in [0.25, 0.3) is 10.9 Å². The first-order chi connectivity index (χ1) is 20.2. The number of fused-ring (bicyclic) bond motifs is 2. The number of nitrogens with zero attached hydrogens (tertiary/aromatic N) is 1. The van der Waals surface area contributed by atoms with E-state index in [-0.39, 0.29) is 44.2 Å². The first-order valence-electron chi connectivity index (χ1n) is 14.3. The molecule has 1 aromatic heterocycles. The number of hydrogen-bond acceptors (Lipinski definition) is 6. The summed E-state index contributed by atoms with van der Waals surface area (Å²) in [5.41, 5.74) is 7.03. The molecular formula is C28H39N9O5. The van der Waals surface area contributed by atoms with E-state index in [0.717, 1.165) is 16.5 Å². The molecule has 14 nitrogen and oxygen atoms in total. The van der Waals surface area contributed by atoms with Crippen molar-refractivity contribution in [2.45, 2.75) is 63.1 Å². The van der Waals surface area contributed by atoms with Gasteiger partial charge in [0.25, 0.3) is 0 Å². The van der Waals surface area contributed by atoms with Crippen LogP contribution in [0.15, 0.2) is 30.5 Å². The largest absolute Gasteiger partial charge is 0.370 e. The average molecular weight is 582 g/mol. The SMILES string of the molecule is N=C(N)NCCC[C@@H]1NC(=O)[C@H](Cc2c[nH]c3ccccc23)NC(=O)CNC(=O)[C@@H]2CCCN2C(=O)CCCNC1=O. The number of aromatic nitrogens is 1. The van der Waals surface area contributed by atoms with E-state index in [1.165, 1.54) is 4.90 Å². The molecule has 1 aromatic carbocycles. The van der Waals surface area contributed by atoms with E-state index in [4.69, 9.17) is 11.1 Å². The van der Waals surface area contributed by atoms with Crippen LogP contribution in [0.5, 0.6) is 0 Å². The third kappa shape index (κ3) is 7.98. The number of guanidine groups is 1. The molecule has 42 heavy (non-hydrogen) atoms. The fraction of sp³-hybridized carbons (Fsp3) is 0.500. The van der Waals surface area contributed by atoms with E-state index >= 15 is 0 Å². The van der Waals surface area contributed by atoms with E-state index in [1.54, 1.807) is 6.20 Å². The lowest BCUT2D eigenvalue weighted by molar-refractivity contribution is -0.139. The lowest BCUT2D eigenvalue weighted by atomic mass is 10.0.